The lowest BCUT2D eigenvalue weighted by atomic mass is 10.0. The number of carbonyl (C=O) groups is 7. The molecule has 0 spiro atoms. The molecular formula is C55H78N14O12. The largest absolute Gasteiger partial charge is 0.445 e. The van der Waals surface area contributed by atoms with Crippen LogP contribution in [0.1, 0.15) is 88.8 Å². The number of carbonyl (C=O) groups excluding carboxylic acids is 7. The molecule has 0 aliphatic carbocycles. The van der Waals surface area contributed by atoms with E-state index in [-0.39, 0.29) is 107 Å². The number of rotatable bonds is 34. The molecule has 0 saturated carbocycles. The summed E-state index contributed by atoms with van der Waals surface area (Å²) in [5.41, 5.74) is 15.1. The van der Waals surface area contributed by atoms with Gasteiger partial charge in [0.15, 0.2) is 11.5 Å². The summed E-state index contributed by atoms with van der Waals surface area (Å²) in [6.45, 7) is 10.5. The second-order valence-corrected chi connectivity index (χ2v) is 20.1. The molecule has 26 heteroatoms. The van der Waals surface area contributed by atoms with Crippen LogP contribution in [-0.2, 0) is 62.6 Å². The number of piperidine rings is 1. The topological polar surface area (TPSA) is 351 Å². The van der Waals surface area contributed by atoms with Gasteiger partial charge >= 0.3 is 17.8 Å². The quantitative estimate of drug-likeness (QED) is 0.0240. The monoisotopic (exact) mass is 1130 g/mol. The van der Waals surface area contributed by atoms with E-state index >= 15 is 0 Å². The van der Waals surface area contributed by atoms with Crippen LogP contribution in [0.4, 0.5) is 27.0 Å². The number of nitrogen functional groups attached to an aromatic ring is 1. The molecule has 2 aliphatic heterocycles. The first-order valence-corrected chi connectivity index (χ1v) is 27.6. The Labute approximate surface area is 470 Å². The zero-order valence-electron chi connectivity index (χ0n) is 46.4. The Hall–Kier alpha value is -7.94. The number of hydrogen-bond donors (Lipinski definition) is 9. The van der Waals surface area contributed by atoms with Gasteiger partial charge in [-0.15, -0.1) is 0 Å². The number of fused-ring (bicyclic) bond motifs is 1. The van der Waals surface area contributed by atoms with Gasteiger partial charge in [-0.05, 0) is 66.8 Å². The maximum Gasteiger partial charge on any atom is 0.407 e. The Morgan fingerprint density at radius 1 is 0.765 bits per heavy atom. The molecule has 0 radical (unpaired) electrons. The number of alkyl carbamates (subject to hydrolysis) is 1. The summed E-state index contributed by atoms with van der Waals surface area (Å²) in [6, 6.07) is 12.0. The maximum atomic E-state index is 13.6. The molecule has 8 amide bonds. The Kier molecular flexibility index (Phi) is 24.9. The van der Waals surface area contributed by atoms with Crippen molar-refractivity contribution in [3.63, 3.8) is 0 Å². The van der Waals surface area contributed by atoms with E-state index < -0.39 is 41.9 Å². The van der Waals surface area contributed by atoms with Crippen molar-refractivity contribution in [2.24, 2.45) is 11.7 Å². The normalized spacial score (nSPS) is 14.5. The molecule has 11 N–H and O–H groups in total. The van der Waals surface area contributed by atoms with Crippen molar-refractivity contribution in [3.8, 4) is 0 Å². The number of aromatic amines is 1. The molecule has 81 heavy (non-hydrogen) atoms. The summed E-state index contributed by atoms with van der Waals surface area (Å²) >= 11 is 0. The Morgan fingerprint density at radius 3 is 2.06 bits per heavy atom. The molecule has 4 heterocycles. The van der Waals surface area contributed by atoms with E-state index in [4.69, 9.17) is 30.4 Å². The third kappa shape index (κ3) is 20.6. The summed E-state index contributed by atoms with van der Waals surface area (Å²) in [5.74, 6) is -2.01. The molecule has 2 aromatic heterocycles. The van der Waals surface area contributed by atoms with Crippen molar-refractivity contribution in [2.75, 3.05) is 88.7 Å². The fourth-order valence-corrected chi connectivity index (χ4v) is 8.89. The van der Waals surface area contributed by atoms with Crippen LogP contribution in [0.25, 0.3) is 11.2 Å². The van der Waals surface area contributed by atoms with Crippen LogP contribution in [0, 0.1) is 5.92 Å². The highest BCUT2D eigenvalue weighted by Gasteiger charge is 2.29. The number of likely N-dealkylation sites (tertiary alicyclic amines) is 1. The number of unbranched alkanes of at least 4 members (excludes halogenated alkanes) is 2. The SMILES string of the molecule is CCCCCNc1nc(N)c2[nH]c(=O)n(Cc3ccc(CN4CCC(NC(=O)OCc5ccc(NC(=O)[C@H](CCCNC(N)=O)NC(=O)[C@@H](NC(=O)CCOCCOCCOCCN6C(=O)C=CC6=O)C(C)C)cc5)CC4)cc3)c2n1. The number of urea groups is 1. The molecule has 2 aromatic carbocycles. The van der Waals surface area contributed by atoms with Crippen molar-refractivity contribution in [3.05, 3.63) is 87.9 Å². The summed E-state index contributed by atoms with van der Waals surface area (Å²) in [7, 11) is 0. The first-order valence-electron chi connectivity index (χ1n) is 27.6. The van der Waals surface area contributed by atoms with E-state index in [0.717, 1.165) is 67.8 Å². The highest BCUT2D eigenvalue weighted by molar-refractivity contribution is 6.12. The average Bonchev–Trinajstić information content (AvgIpc) is 4.03. The summed E-state index contributed by atoms with van der Waals surface area (Å²) in [5, 5.41) is 17.0. The van der Waals surface area contributed by atoms with Crippen molar-refractivity contribution in [1.29, 1.82) is 0 Å². The first-order chi connectivity index (χ1) is 39.1. The number of aromatic nitrogens is 4. The molecule has 0 unspecified atom stereocenters. The zero-order chi connectivity index (χ0) is 58.1. The number of anilines is 3. The smallest absolute Gasteiger partial charge is 0.407 e. The number of ether oxygens (including phenoxy) is 4. The molecule has 0 bridgehead atoms. The molecular weight excluding hydrogens is 1050 g/mol. The van der Waals surface area contributed by atoms with E-state index in [1.165, 1.54) is 12.2 Å². The van der Waals surface area contributed by atoms with Gasteiger partial charge in [0.2, 0.25) is 23.7 Å². The molecule has 1 fully saturated rings. The van der Waals surface area contributed by atoms with Crippen molar-refractivity contribution >= 4 is 70.3 Å². The lowest BCUT2D eigenvalue weighted by Crippen LogP contribution is -2.54. The van der Waals surface area contributed by atoms with Crippen LogP contribution < -0.4 is 49.1 Å². The number of primary amides is 1. The van der Waals surface area contributed by atoms with Crippen LogP contribution in [0.2, 0.25) is 0 Å². The first kappa shape index (κ1) is 62.3. The van der Waals surface area contributed by atoms with Crippen LogP contribution >= 0.6 is 0 Å². The second kappa shape index (κ2) is 32.3. The minimum absolute atomic E-state index is 0.0106. The molecule has 440 valence electrons. The van der Waals surface area contributed by atoms with E-state index in [1.54, 1.807) is 42.7 Å². The van der Waals surface area contributed by atoms with Gasteiger partial charge in [-0.1, -0.05) is 70.0 Å². The predicted octanol–water partition coefficient (Wildman–Crippen LogP) is 2.62. The van der Waals surface area contributed by atoms with Gasteiger partial charge in [0, 0.05) is 63.0 Å². The van der Waals surface area contributed by atoms with Crippen LogP contribution in [0.5, 0.6) is 0 Å². The number of imide groups is 1. The van der Waals surface area contributed by atoms with Crippen LogP contribution in [-0.4, -0.2) is 161 Å². The lowest BCUT2D eigenvalue weighted by molar-refractivity contribution is -0.137. The van der Waals surface area contributed by atoms with Gasteiger partial charge in [0.25, 0.3) is 11.8 Å². The minimum Gasteiger partial charge on any atom is -0.445 e. The Balaban J connectivity index is 0.873. The number of hydrogen-bond acceptors (Lipinski definition) is 17. The number of nitrogens with two attached hydrogens (primary N) is 2. The number of benzene rings is 2. The van der Waals surface area contributed by atoms with Gasteiger partial charge in [-0.3, -0.25) is 38.3 Å². The maximum absolute atomic E-state index is 13.6. The van der Waals surface area contributed by atoms with Crippen molar-refractivity contribution < 1.29 is 52.5 Å². The fourth-order valence-electron chi connectivity index (χ4n) is 8.89. The fraction of sp³-hybridized carbons (Fsp3) is 0.527. The second-order valence-electron chi connectivity index (χ2n) is 20.1. The standard InChI is InChI=1S/C55H78N14O12/c1-4-5-6-22-59-53-65-48(56)47-49(66-53)69(54(76)64-47)34-38-11-9-37(10-12-38)33-67-24-19-41(20-25-67)61-55(77)81-35-39-13-15-40(16-14-39)60-50(73)42(8-7-23-58-52(57)75)62-51(74)46(36(2)3)63-43(70)21-27-78-29-31-80-32-30-79-28-26-68-44(71)17-18-45(68)72/h9-18,36,41-42,46H,4-8,19-35H2,1-3H3,(H,60,73)(H,61,77)(H,62,74)(H,63,70)(H,64,76)(H3,57,58,75)(H3,56,59,65,66)/t42-,46-/m0/s1. The molecule has 2 aliphatic rings. The minimum atomic E-state index is -1.05. The van der Waals surface area contributed by atoms with E-state index in [1.807, 2.05) is 12.1 Å². The van der Waals surface area contributed by atoms with Gasteiger partial charge in [0.05, 0.1) is 52.7 Å². The predicted molar refractivity (Wildman–Crippen MR) is 301 cm³/mol. The third-order valence-corrected chi connectivity index (χ3v) is 13.4. The number of imidazole rings is 1. The van der Waals surface area contributed by atoms with E-state index in [9.17, 15) is 38.4 Å². The third-order valence-electron chi connectivity index (χ3n) is 13.4. The van der Waals surface area contributed by atoms with E-state index in [0.29, 0.717) is 47.9 Å². The van der Waals surface area contributed by atoms with Gasteiger partial charge < -0.3 is 67.3 Å². The number of H-pyrrole nitrogens is 1. The molecule has 26 nitrogen and oxygen atoms in total. The van der Waals surface area contributed by atoms with E-state index in [2.05, 4.69) is 70.8 Å². The summed E-state index contributed by atoms with van der Waals surface area (Å²) < 4.78 is 23.5. The zero-order valence-corrected chi connectivity index (χ0v) is 46.4. The molecule has 1 saturated heterocycles. The highest BCUT2D eigenvalue weighted by Crippen LogP contribution is 2.20. The summed E-state index contributed by atoms with van der Waals surface area (Å²) in [4.78, 5) is 116. The number of nitrogens with zero attached hydrogens (tertiary/aromatic N) is 5. The highest BCUT2D eigenvalue weighted by atomic mass is 16.6. The Morgan fingerprint density at radius 2 is 1.41 bits per heavy atom. The van der Waals surface area contributed by atoms with Crippen LogP contribution in [0.15, 0.2) is 65.5 Å². The molecule has 2 atom stereocenters. The Bertz CT molecular complexity index is 2800. The number of amides is 8. The van der Waals surface area contributed by atoms with Gasteiger partial charge in [-0.25, -0.2) is 14.4 Å². The molecule has 4 aromatic rings. The van der Waals surface area contributed by atoms with Gasteiger partial charge in [0.1, 0.15) is 24.2 Å². The molecule has 6 rings (SSSR count). The lowest BCUT2D eigenvalue weighted by Gasteiger charge is -2.32. The number of nitrogens with one attached hydrogen (secondary N) is 7. The van der Waals surface area contributed by atoms with Crippen molar-refractivity contribution in [2.45, 2.75) is 110 Å². The summed E-state index contributed by atoms with van der Waals surface area (Å²) in [6.07, 6.45) is 6.93. The average molecular weight is 1130 g/mol. The van der Waals surface area contributed by atoms with Crippen LogP contribution in [0.3, 0.4) is 0 Å². The van der Waals surface area contributed by atoms with Gasteiger partial charge in [-0.2, -0.15) is 9.97 Å². The van der Waals surface area contributed by atoms with Crippen molar-refractivity contribution in [1.82, 2.24) is 50.6 Å².